The van der Waals surface area contributed by atoms with Gasteiger partial charge in [-0.3, -0.25) is 4.79 Å². The summed E-state index contributed by atoms with van der Waals surface area (Å²) >= 11 is 0. The highest BCUT2D eigenvalue weighted by molar-refractivity contribution is 7.89. The zero-order valence-corrected chi connectivity index (χ0v) is 13.0. The summed E-state index contributed by atoms with van der Waals surface area (Å²) in [6.45, 7) is 0.736. The molecular weight excluding hydrogens is 290 g/mol. The van der Waals surface area contributed by atoms with Crippen molar-refractivity contribution in [3.63, 3.8) is 0 Å². The molecule has 21 heavy (non-hydrogen) atoms. The molecule has 1 aromatic rings. The first-order chi connectivity index (χ1) is 9.86. The number of carbonyl (C=O) groups is 1. The van der Waals surface area contributed by atoms with Gasteiger partial charge >= 0.3 is 0 Å². The molecule has 0 aromatic carbocycles. The smallest absolute Gasteiger partial charge is 0.270 e. The third-order valence-corrected chi connectivity index (χ3v) is 5.30. The number of rotatable bonds is 5. The Labute approximate surface area is 125 Å². The first kappa shape index (κ1) is 14.6. The van der Waals surface area contributed by atoms with Crippen molar-refractivity contribution in [1.82, 2.24) is 9.47 Å². The third kappa shape index (κ3) is 2.98. The van der Waals surface area contributed by atoms with Crippen LogP contribution in [0.1, 0.15) is 48.6 Å². The van der Waals surface area contributed by atoms with E-state index in [0.29, 0.717) is 11.6 Å². The number of hydrogen-bond acceptors (Lipinski definition) is 3. The quantitative estimate of drug-likeness (QED) is 0.890. The zero-order valence-electron chi connectivity index (χ0n) is 12.2. The Hall–Kier alpha value is -1.34. The first-order valence-electron chi connectivity index (χ1n) is 7.36. The Morgan fingerprint density at radius 2 is 2.05 bits per heavy atom. The molecule has 3 rings (SSSR count). The van der Waals surface area contributed by atoms with Gasteiger partial charge in [0.1, 0.15) is 10.6 Å². The summed E-state index contributed by atoms with van der Waals surface area (Å²) in [4.78, 5) is 14.3. The van der Waals surface area contributed by atoms with E-state index in [9.17, 15) is 13.2 Å². The highest BCUT2D eigenvalue weighted by atomic mass is 32.2. The molecule has 6 nitrogen and oxygen atoms in total. The summed E-state index contributed by atoms with van der Waals surface area (Å²) in [6.07, 6.45) is 7.03. The van der Waals surface area contributed by atoms with Crippen molar-refractivity contribution in [1.29, 1.82) is 0 Å². The van der Waals surface area contributed by atoms with E-state index in [1.165, 1.54) is 31.5 Å². The Kier molecular flexibility index (Phi) is 3.57. The molecule has 0 radical (unpaired) electrons. The number of primary sulfonamides is 1. The highest BCUT2D eigenvalue weighted by Crippen LogP contribution is 2.37. The monoisotopic (exact) mass is 311 g/mol. The zero-order chi connectivity index (χ0) is 15.2. The van der Waals surface area contributed by atoms with Gasteiger partial charge in [0, 0.05) is 25.8 Å². The van der Waals surface area contributed by atoms with Gasteiger partial charge in [-0.25, -0.2) is 13.6 Å². The molecule has 116 valence electrons. The number of nitrogens with two attached hydrogens (primary N) is 1. The number of hydrogen-bond donors (Lipinski definition) is 1. The fourth-order valence-electron chi connectivity index (χ4n) is 2.78. The van der Waals surface area contributed by atoms with Gasteiger partial charge in [0.25, 0.3) is 5.91 Å². The lowest BCUT2D eigenvalue weighted by Gasteiger charge is -2.30. The van der Waals surface area contributed by atoms with Gasteiger partial charge in [-0.05, 0) is 37.7 Å². The van der Waals surface area contributed by atoms with E-state index in [-0.39, 0.29) is 16.8 Å². The van der Waals surface area contributed by atoms with Crippen LogP contribution in [-0.2, 0) is 10.0 Å². The number of sulfonamides is 1. The van der Waals surface area contributed by atoms with Gasteiger partial charge < -0.3 is 9.47 Å². The van der Waals surface area contributed by atoms with Crippen molar-refractivity contribution in [2.24, 2.45) is 11.1 Å². The SMILES string of the molecule is CN(CC1CCC1)C(=O)c1cc(S(N)(=O)=O)cn1C1CC1. The van der Waals surface area contributed by atoms with E-state index in [1.807, 2.05) is 0 Å². The van der Waals surface area contributed by atoms with Crippen molar-refractivity contribution < 1.29 is 13.2 Å². The van der Waals surface area contributed by atoms with Crippen LogP contribution in [-0.4, -0.2) is 37.4 Å². The van der Waals surface area contributed by atoms with Crippen molar-refractivity contribution in [3.05, 3.63) is 18.0 Å². The molecule has 2 saturated carbocycles. The summed E-state index contributed by atoms with van der Waals surface area (Å²) in [5.41, 5.74) is 0.434. The lowest BCUT2D eigenvalue weighted by Crippen LogP contribution is -2.35. The molecule has 2 aliphatic rings. The van der Waals surface area contributed by atoms with E-state index >= 15 is 0 Å². The lowest BCUT2D eigenvalue weighted by atomic mass is 9.85. The van der Waals surface area contributed by atoms with Crippen LogP contribution in [0.3, 0.4) is 0 Å². The molecular formula is C14H21N3O3S. The molecule has 2 N–H and O–H groups in total. The maximum absolute atomic E-state index is 12.6. The third-order valence-electron chi connectivity index (χ3n) is 4.41. The van der Waals surface area contributed by atoms with Crippen molar-refractivity contribution >= 4 is 15.9 Å². The highest BCUT2D eigenvalue weighted by Gasteiger charge is 2.31. The van der Waals surface area contributed by atoms with E-state index in [2.05, 4.69) is 0 Å². The van der Waals surface area contributed by atoms with E-state index < -0.39 is 10.0 Å². The van der Waals surface area contributed by atoms with Crippen molar-refractivity contribution in [2.75, 3.05) is 13.6 Å². The van der Waals surface area contributed by atoms with Crippen LogP contribution in [0, 0.1) is 5.92 Å². The van der Waals surface area contributed by atoms with E-state index in [4.69, 9.17) is 5.14 Å². The Morgan fingerprint density at radius 3 is 2.52 bits per heavy atom. The minimum atomic E-state index is -3.78. The Bertz CT molecular complexity index is 657. The predicted octanol–water partition coefficient (Wildman–Crippen LogP) is 1.34. The van der Waals surface area contributed by atoms with E-state index in [0.717, 1.165) is 19.4 Å². The molecule has 0 saturated heterocycles. The van der Waals surface area contributed by atoms with Crippen LogP contribution >= 0.6 is 0 Å². The summed E-state index contributed by atoms with van der Waals surface area (Å²) in [6, 6.07) is 1.64. The molecule has 2 aliphatic carbocycles. The average Bonchev–Trinajstić information content (AvgIpc) is 3.10. The molecule has 7 heteroatoms. The van der Waals surface area contributed by atoms with E-state index in [1.54, 1.807) is 16.5 Å². The van der Waals surface area contributed by atoms with Gasteiger partial charge in [-0.15, -0.1) is 0 Å². The standard InChI is InChI=1S/C14H21N3O3S/c1-16(8-10-3-2-4-10)14(18)13-7-12(21(15,19)20)9-17(13)11-5-6-11/h7,9-11H,2-6,8H2,1H3,(H2,15,19,20). The van der Waals surface area contributed by atoms with Crippen molar-refractivity contribution in [2.45, 2.75) is 43.0 Å². The molecule has 1 amide bonds. The van der Waals surface area contributed by atoms with Gasteiger partial charge in [0.2, 0.25) is 10.0 Å². The summed E-state index contributed by atoms with van der Waals surface area (Å²) in [5, 5.41) is 5.18. The van der Waals surface area contributed by atoms with Crippen LogP contribution < -0.4 is 5.14 Å². The van der Waals surface area contributed by atoms with Gasteiger partial charge in [-0.2, -0.15) is 0 Å². The average molecular weight is 311 g/mol. The second-order valence-corrected chi connectivity index (χ2v) is 7.79. The molecule has 0 bridgehead atoms. The normalized spacial score (nSPS) is 19.3. The maximum Gasteiger partial charge on any atom is 0.270 e. The summed E-state index contributed by atoms with van der Waals surface area (Å²) in [5.74, 6) is 0.463. The topological polar surface area (TPSA) is 85.4 Å². The molecule has 1 heterocycles. The summed E-state index contributed by atoms with van der Waals surface area (Å²) < 4.78 is 24.8. The van der Waals surface area contributed by atoms with Crippen LogP contribution in [0.2, 0.25) is 0 Å². The number of carbonyl (C=O) groups excluding carboxylic acids is 1. The molecule has 0 atom stereocenters. The van der Waals surface area contributed by atoms with Gasteiger partial charge in [-0.1, -0.05) is 6.42 Å². The van der Waals surface area contributed by atoms with Crippen LogP contribution in [0.25, 0.3) is 0 Å². The molecule has 0 spiro atoms. The second kappa shape index (κ2) is 5.14. The fraction of sp³-hybridized carbons (Fsp3) is 0.643. The Balaban J connectivity index is 1.85. The minimum absolute atomic E-state index is 0.0230. The first-order valence-corrected chi connectivity index (χ1v) is 8.91. The molecule has 1 aromatic heterocycles. The minimum Gasteiger partial charge on any atom is -0.340 e. The van der Waals surface area contributed by atoms with Crippen molar-refractivity contribution in [3.8, 4) is 0 Å². The van der Waals surface area contributed by atoms with Crippen LogP contribution in [0.5, 0.6) is 0 Å². The number of amides is 1. The second-order valence-electron chi connectivity index (χ2n) is 6.23. The maximum atomic E-state index is 12.6. The van der Waals surface area contributed by atoms with Gasteiger partial charge in [0.15, 0.2) is 0 Å². The van der Waals surface area contributed by atoms with Crippen LogP contribution in [0.4, 0.5) is 0 Å². The molecule has 2 fully saturated rings. The summed E-state index contributed by atoms with van der Waals surface area (Å²) in [7, 11) is -2.00. The number of aromatic nitrogens is 1. The lowest BCUT2D eigenvalue weighted by molar-refractivity contribution is 0.0734. The largest absolute Gasteiger partial charge is 0.340 e. The predicted molar refractivity (Wildman–Crippen MR) is 78.4 cm³/mol. The fourth-order valence-corrected chi connectivity index (χ4v) is 3.31. The number of nitrogens with zero attached hydrogens (tertiary/aromatic N) is 2. The van der Waals surface area contributed by atoms with Gasteiger partial charge in [0.05, 0.1) is 0 Å². The Morgan fingerprint density at radius 1 is 1.38 bits per heavy atom. The molecule has 0 aliphatic heterocycles. The van der Waals surface area contributed by atoms with Crippen LogP contribution in [0.15, 0.2) is 17.2 Å². The molecule has 0 unspecified atom stereocenters.